The van der Waals surface area contributed by atoms with Gasteiger partial charge in [0.05, 0.1) is 5.69 Å². The van der Waals surface area contributed by atoms with Crippen LogP contribution >= 0.6 is 0 Å². The first kappa shape index (κ1) is 15.5. The zero-order valence-corrected chi connectivity index (χ0v) is 11.7. The highest BCUT2D eigenvalue weighted by atomic mass is 19.2. The van der Waals surface area contributed by atoms with E-state index in [9.17, 15) is 18.0 Å². The molecule has 0 atom stereocenters. The number of halogens is 3. The summed E-state index contributed by atoms with van der Waals surface area (Å²) >= 11 is 0. The molecule has 0 radical (unpaired) electrons. The Bertz CT molecular complexity index is 856. The van der Waals surface area contributed by atoms with Crippen molar-refractivity contribution < 1.29 is 13.2 Å². The van der Waals surface area contributed by atoms with Gasteiger partial charge in [0.2, 0.25) is 0 Å². The molecular formula is C15H10F3N3O. The van der Waals surface area contributed by atoms with Gasteiger partial charge < -0.3 is 4.98 Å². The van der Waals surface area contributed by atoms with E-state index < -0.39 is 23.0 Å². The summed E-state index contributed by atoms with van der Waals surface area (Å²) in [4.78, 5) is 18.2. The number of H-pyrrole nitrogens is 1. The number of nitriles is 1. The standard InChI is InChI=1S/C15H10F3N3O/c1-7(3-9-4-11(16)13(18)12(17)5-9)14-20-8(2)10(6-19)15(22)21-14/h3-5H,1-2H3,(H,20,21,22). The second-order valence-corrected chi connectivity index (χ2v) is 4.61. The van der Waals surface area contributed by atoms with Crippen LogP contribution in [-0.2, 0) is 0 Å². The largest absolute Gasteiger partial charge is 0.306 e. The number of nitrogens with zero attached hydrogens (tertiary/aromatic N) is 2. The van der Waals surface area contributed by atoms with Crippen molar-refractivity contribution in [1.29, 1.82) is 5.26 Å². The molecule has 4 nitrogen and oxygen atoms in total. The van der Waals surface area contributed by atoms with Gasteiger partial charge in [-0.2, -0.15) is 5.26 Å². The molecule has 1 heterocycles. The van der Waals surface area contributed by atoms with Gasteiger partial charge in [-0.3, -0.25) is 4.79 Å². The van der Waals surface area contributed by atoms with Crippen LogP contribution in [0.3, 0.4) is 0 Å². The Morgan fingerprint density at radius 2 is 1.91 bits per heavy atom. The van der Waals surface area contributed by atoms with Crippen molar-refractivity contribution in [2.75, 3.05) is 0 Å². The van der Waals surface area contributed by atoms with Crippen LogP contribution in [0.1, 0.15) is 29.6 Å². The number of aryl methyl sites for hydroxylation is 1. The Labute approximate surface area is 123 Å². The summed E-state index contributed by atoms with van der Waals surface area (Å²) in [6.07, 6.45) is 1.34. The summed E-state index contributed by atoms with van der Waals surface area (Å²) < 4.78 is 39.2. The quantitative estimate of drug-likeness (QED) is 0.867. The minimum Gasteiger partial charge on any atom is -0.306 e. The molecule has 1 N–H and O–H groups in total. The van der Waals surface area contributed by atoms with Crippen LogP contribution < -0.4 is 5.56 Å². The molecule has 2 aromatic rings. The molecule has 22 heavy (non-hydrogen) atoms. The van der Waals surface area contributed by atoms with Gasteiger partial charge in [-0.15, -0.1) is 0 Å². The number of benzene rings is 1. The molecule has 0 aliphatic heterocycles. The van der Waals surface area contributed by atoms with E-state index in [0.29, 0.717) is 5.57 Å². The monoisotopic (exact) mass is 305 g/mol. The Morgan fingerprint density at radius 3 is 2.41 bits per heavy atom. The van der Waals surface area contributed by atoms with E-state index in [4.69, 9.17) is 5.26 Å². The highest BCUT2D eigenvalue weighted by Gasteiger charge is 2.11. The van der Waals surface area contributed by atoms with Gasteiger partial charge in [0.15, 0.2) is 17.5 Å². The van der Waals surface area contributed by atoms with Crippen molar-refractivity contribution in [1.82, 2.24) is 9.97 Å². The molecule has 0 unspecified atom stereocenters. The fourth-order valence-electron chi connectivity index (χ4n) is 1.88. The van der Waals surface area contributed by atoms with Gasteiger partial charge in [0.1, 0.15) is 17.5 Å². The van der Waals surface area contributed by atoms with E-state index in [1.54, 1.807) is 13.0 Å². The van der Waals surface area contributed by atoms with Crippen molar-refractivity contribution in [3.63, 3.8) is 0 Å². The molecule has 0 bridgehead atoms. The molecule has 0 spiro atoms. The highest BCUT2D eigenvalue weighted by molar-refractivity contribution is 5.77. The SMILES string of the molecule is CC(=Cc1cc(F)c(F)c(F)c1)c1nc(C)c(C#N)c(=O)[nH]1. The van der Waals surface area contributed by atoms with E-state index in [2.05, 4.69) is 9.97 Å². The molecule has 112 valence electrons. The number of hydrogen-bond donors (Lipinski definition) is 1. The maximum atomic E-state index is 13.2. The molecule has 0 fully saturated rings. The van der Waals surface area contributed by atoms with Crippen molar-refractivity contribution in [3.05, 3.63) is 62.6 Å². The molecule has 0 saturated heterocycles. The van der Waals surface area contributed by atoms with Crippen molar-refractivity contribution in [3.8, 4) is 6.07 Å². The lowest BCUT2D eigenvalue weighted by molar-refractivity contribution is 0.447. The Morgan fingerprint density at radius 1 is 1.32 bits per heavy atom. The molecule has 0 saturated carbocycles. The molecule has 1 aromatic heterocycles. The average Bonchev–Trinajstić information content (AvgIpc) is 2.44. The van der Waals surface area contributed by atoms with Crippen molar-refractivity contribution in [2.45, 2.75) is 13.8 Å². The van der Waals surface area contributed by atoms with E-state index in [0.717, 1.165) is 12.1 Å². The number of rotatable bonds is 2. The zero-order valence-electron chi connectivity index (χ0n) is 11.7. The molecule has 0 aliphatic rings. The van der Waals surface area contributed by atoms with E-state index in [1.807, 2.05) is 0 Å². The lowest BCUT2D eigenvalue weighted by atomic mass is 10.1. The molecule has 1 aromatic carbocycles. The lowest BCUT2D eigenvalue weighted by Crippen LogP contribution is -2.16. The smallest absolute Gasteiger partial charge is 0.269 e. The fraction of sp³-hybridized carbons (Fsp3) is 0.133. The lowest BCUT2D eigenvalue weighted by Gasteiger charge is -2.04. The van der Waals surface area contributed by atoms with Gasteiger partial charge in [-0.25, -0.2) is 18.2 Å². The van der Waals surface area contributed by atoms with Crippen LogP contribution in [0.15, 0.2) is 16.9 Å². The first-order valence-electron chi connectivity index (χ1n) is 6.17. The molecule has 0 amide bonds. The van der Waals surface area contributed by atoms with Crippen LogP contribution in [0.4, 0.5) is 13.2 Å². The number of aromatic nitrogens is 2. The van der Waals surface area contributed by atoms with Crippen LogP contribution in [-0.4, -0.2) is 9.97 Å². The predicted octanol–water partition coefficient (Wildman–Crippen LogP) is 2.93. The minimum absolute atomic E-state index is 0.0820. The minimum atomic E-state index is -1.55. The topological polar surface area (TPSA) is 69.5 Å². The second-order valence-electron chi connectivity index (χ2n) is 4.61. The Balaban J connectivity index is 2.51. The van der Waals surface area contributed by atoms with Gasteiger partial charge >= 0.3 is 0 Å². The first-order valence-corrected chi connectivity index (χ1v) is 6.17. The number of allylic oxidation sites excluding steroid dienone is 1. The molecular weight excluding hydrogens is 295 g/mol. The molecule has 7 heteroatoms. The molecule has 2 rings (SSSR count). The zero-order chi connectivity index (χ0) is 16.4. The third-order valence-corrected chi connectivity index (χ3v) is 2.97. The maximum Gasteiger partial charge on any atom is 0.269 e. The average molecular weight is 305 g/mol. The third-order valence-electron chi connectivity index (χ3n) is 2.97. The fourth-order valence-corrected chi connectivity index (χ4v) is 1.88. The highest BCUT2D eigenvalue weighted by Crippen LogP contribution is 2.18. The van der Waals surface area contributed by atoms with Gasteiger partial charge in [-0.1, -0.05) is 0 Å². The summed E-state index contributed by atoms with van der Waals surface area (Å²) in [6, 6.07) is 3.39. The van der Waals surface area contributed by atoms with Gasteiger partial charge in [0, 0.05) is 0 Å². The molecule has 0 aliphatic carbocycles. The second kappa shape index (κ2) is 5.85. The van der Waals surface area contributed by atoms with Crippen molar-refractivity contribution >= 4 is 11.6 Å². The summed E-state index contributed by atoms with van der Waals surface area (Å²) in [6.45, 7) is 3.06. The third kappa shape index (κ3) is 2.91. The number of aromatic amines is 1. The van der Waals surface area contributed by atoms with Crippen LogP contribution in [0, 0.1) is 35.7 Å². The van der Waals surface area contributed by atoms with E-state index >= 15 is 0 Å². The van der Waals surface area contributed by atoms with Crippen LogP contribution in [0.5, 0.6) is 0 Å². The van der Waals surface area contributed by atoms with Crippen molar-refractivity contribution in [2.24, 2.45) is 0 Å². The van der Waals surface area contributed by atoms with E-state index in [1.165, 1.54) is 13.0 Å². The Kier molecular flexibility index (Phi) is 4.13. The summed E-state index contributed by atoms with van der Waals surface area (Å²) in [5, 5.41) is 8.81. The number of nitrogens with one attached hydrogen (secondary N) is 1. The summed E-state index contributed by atoms with van der Waals surface area (Å²) in [5.74, 6) is -4.00. The predicted molar refractivity (Wildman–Crippen MR) is 74.2 cm³/mol. The van der Waals surface area contributed by atoms with E-state index in [-0.39, 0.29) is 22.6 Å². The van der Waals surface area contributed by atoms with Crippen LogP contribution in [0.2, 0.25) is 0 Å². The van der Waals surface area contributed by atoms with Gasteiger partial charge in [0.25, 0.3) is 5.56 Å². The first-order chi connectivity index (χ1) is 10.3. The summed E-state index contributed by atoms with van der Waals surface area (Å²) in [7, 11) is 0. The van der Waals surface area contributed by atoms with Gasteiger partial charge in [-0.05, 0) is 43.2 Å². The van der Waals surface area contributed by atoms with Crippen LogP contribution in [0.25, 0.3) is 11.6 Å². The summed E-state index contributed by atoms with van der Waals surface area (Å²) in [5.41, 5.74) is 0.0174. The maximum absolute atomic E-state index is 13.2. The Hall–Kier alpha value is -2.88. The number of hydrogen-bond acceptors (Lipinski definition) is 3. The normalized spacial score (nSPS) is 11.4.